The van der Waals surface area contributed by atoms with Crippen LogP contribution in [0.3, 0.4) is 0 Å². The van der Waals surface area contributed by atoms with Crippen molar-refractivity contribution in [1.82, 2.24) is 0 Å². The van der Waals surface area contributed by atoms with E-state index in [0.717, 1.165) is 18.6 Å². The van der Waals surface area contributed by atoms with Gasteiger partial charge in [0.1, 0.15) is 5.75 Å². The lowest BCUT2D eigenvalue weighted by molar-refractivity contribution is 0.0584. The van der Waals surface area contributed by atoms with E-state index in [1.54, 1.807) is 18.3 Å². The van der Waals surface area contributed by atoms with Gasteiger partial charge in [0, 0.05) is 5.41 Å². The molecule has 2 heteroatoms. The lowest BCUT2D eigenvalue weighted by atomic mass is 9.55. The molecule has 0 aromatic heterocycles. The van der Waals surface area contributed by atoms with Crippen LogP contribution in [-0.4, -0.2) is 18.3 Å². The number of benzene rings is 1. The van der Waals surface area contributed by atoms with Gasteiger partial charge in [-0.3, -0.25) is 0 Å². The molecule has 0 saturated heterocycles. The molecule has 1 saturated carbocycles. The van der Waals surface area contributed by atoms with Crippen molar-refractivity contribution in [2.45, 2.75) is 70.8 Å². The molecule has 0 amide bonds. The lowest BCUT2D eigenvalue weighted by Gasteiger charge is -2.50. The van der Waals surface area contributed by atoms with E-state index in [9.17, 15) is 5.11 Å². The third kappa shape index (κ3) is 2.05. The average molecular weight is 326 g/mol. The second-order valence-corrected chi connectivity index (χ2v) is 8.62. The van der Waals surface area contributed by atoms with Crippen molar-refractivity contribution in [2.24, 2.45) is 11.3 Å². The maximum absolute atomic E-state index is 10.3. The Balaban J connectivity index is 1.83. The van der Waals surface area contributed by atoms with Gasteiger partial charge >= 0.3 is 0 Å². The summed E-state index contributed by atoms with van der Waals surface area (Å²) in [6.07, 6.45) is 6.83. The highest BCUT2D eigenvalue weighted by Gasteiger charge is 2.53. The highest BCUT2D eigenvalue weighted by molar-refractivity contribution is 5.52. The zero-order valence-electron chi connectivity index (χ0n) is 15.5. The van der Waals surface area contributed by atoms with E-state index in [1.165, 1.54) is 36.8 Å². The molecule has 3 aliphatic carbocycles. The highest BCUT2D eigenvalue weighted by atomic mass is 16.5. The molecule has 2 nitrogen and oxygen atoms in total. The molecule has 0 spiro atoms. The fraction of sp³-hybridized carbons (Fsp3) is 0.636. The Hall–Kier alpha value is -1.28. The summed E-state index contributed by atoms with van der Waals surface area (Å²) in [6.45, 7) is 6.86. The average Bonchev–Trinajstić information content (AvgIpc) is 2.92. The Morgan fingerprint density at radius 3 is 2.62 bits per heavy atom. The molecule has 3 aliphatic rings. The first kappa shape index (κ1) is 16.2. The molecular weight excluding hydrogens is 296 g/mol. The molecule has 24 heavy (non-hydrogen) atoms. The molecule has 0 unspecified atom stereocenters. The number of aryl methyl sites for hydroxylation is 1. The van der Waals surface area contributed by atoms with Gasteiger partial charge in [0.05, 0.1) is 13.2 Å². The predicted octanol–water partition coefficient (Wildman–Crippen LogP) is 4.79. The minimum absolute atomic E-state index is 0.183. The normalized spacial score (nSPS) is 36.0. The van der Waals surface area contributed by atoms with Crippen molar-refractivity contribution >= 4 is 0 Å². The SMILES string of the molecule is COc1ccc2c(c1)CCC1=C3CC[C@H]([C@H](C)O)[C@@]3(C)CC[C@]12C. The van der Waals surface area contributed by atoms with Crippen LogP contribution < -0.4 is 4.74 Å². The van der Waals surface area contributed by atoms with E-state index >= 15 is 0 Å². The second kappa shape index (κ2) is 5.36. The van der Waals surface area contributed by atoms with Crippen molar-refractivity contribution in [3.63, 3.8) is 0 Å². The second-order valence-electron chi connectivity index (χ2n) is 8.62. The van der Waals surface area contributed by atoms with Gasteiger partial charge in [-0.25, -0.2) is 0 Å². The van der Waals surface area contributed by atoms with Crippen LogP contribution >= 0.6 is 0 Å². The maximum atomic E-state index is 10.3. The monoisotopic (exact) mass is 326 g/mol. The van der Waals surface area contributed by atoms with E-state index in [1.807, 2.05) is 6.92 Å². The van der Waals surface area contributed by atoms with Crippen molar-refractivity contribution in [1.29, 1.82) is 0 Å². The molecule has 4 rings (SSSR count). The highest BCUT2D eigenvalue weighted by Crippen LogP contribution is 2.62. The number of aliphatic hydroxyl groups excluding tert-OH is 1. The molecular formula is C22H30O2. The molecule has 0 radical (unpaired) electrons. The van der Waals surface area contributed by atoms with Crippen LogP contribution in [0.4, 0.5) is 0 Å². The van der Waals surface area contributed by atoms with E-state index in [4.69, 9.17) is 4.74 Å². The van der Waals surface area contributed by atoms with Gasteiger partial charge in [0.15, 0.2) is 0 Å². The van der Waals surface area contributed by atoms with Gasteiger partial charge in [-0.05, 0) is 80.0 Å². The van der Waals surface area contributed by atoms with E-state index < -0.39 is 0 Å². The molecule has 1 aromatic carbocycles. The van der Waals surface area contributed by atoms with Crippen molar-refractivity contribution < 1.29 is 9.84 Å². The molecule has 1 aromatic rings. The maximum Gasteiger partial charge on any atom is 0.119 e. The minimum atomic E-state index is -0.197. The van der Waals surface area contributed by atoms with E-state index in [2.05, 4.69) is 32.0 Å². The van der Waals surface area contributed by atoms with Crippen LogP contribution in [0, 0.1) is 11.3 Å². The largest absolute Gasteiger partial charge is 0.497 e. The summed E-state index contributed by atoms with van der Waals surface area (Å²) < 4.78 is 5.44. The van der Waals surface area contributed by atoms with Crippen LogP contribution in [0.15, 0.2) is 29.3 Å². The zero-order valence-corrected chi connectivity index (χ0v) is 15.5. The van der Waals surface area contributed by atoms with Gasteiger partial charge < -0.3 is 9.84 Å². The first-order valence-electron chi connectivity index (χ1n) is 9.48. The molecule has 1 N–H and O–H groups in total. The van der Waals surface area contributed by atoms with Gasteiger partial charge in [-0.1, -0.05) is 31.1 Å². The smallest absolute Gasteiger partial charge is 0.119 e. The number of hydrogen-bond donors (Lipinski definition) is 1. The summed E-state index contributed by atoms with van der Waals surface area (Å²) in [4.78, 5) is 0. The number of allylic oxidation sites excluding steroid dienone is 2. The van der Waals surface area contributed by atoms with Gasteiger partial charge in [0.2, 0.25) is 0 Å². The summed E-state index contributed by atoms with van der Waals surface area (Å²) in [7, 11) is 1.75. The van der Waals surface area contributed by atoms with Crippen LogP contribution in [0.2, 0.25) is 0 Å². The third-order valence-electron chi connectivity index (χ3n) is 7.52. The van der Waals surface area contributed by atoms with Crippen LogP contribution in [0.1, 0.15) is 64.0 Å². The lowest BCUT2D eigenvalue weighted by Crippen LogP contribution is -2.42. The number of aliphatic hydroxyl groups is 1. The number of rotatable bonds is 2. The van der Waals surface area contributed by atoms with Crippen LogP contribution in [0.25, 0.3) is 0 Å². The zero-order chi connectivity index (χ0) is 17.1. The van der Waals surface area contributed by atoms with Gasteiger partial charge in [-0.2, -0.15) is 0 Å². The van der Waals surface area contributed by atoms with Crippen molar-refractivity contribution in [2.75, 3.05) is 7.11 Å². The van der Waals surface area contributed by atoms with E-state index in [-0.39, 0.29) is 16.9 Å². The summed E-state index contributed by atoms with van der Waals surface area (Å²) in [5, 5.41) is 10.3. The Morgan fingerprint density at radius 1 is 1.12 bits per heavy atom. The predicted molar refractivity (Wildman–Crippen MR) is 97.4 cm³/mol. The Bertz CT molecular complexity index is 702. The summed E-state index contributed by atoms with van der Waals surface area (Å²) in [5.74, 6) is 1.41. The third-order valence-corrected chi connectivity index (χ3v) is 7.52. The first-order valence-corrected chi connectivity index (χ1v) is 9.48. The number of hydrogen-bond acceptors (Lipinski definition) is 2. The fourth-order valence-corrected chi connectivity index (χ4v) is 6.15. The summed E-state index contributed by atoms with van der Waals surface area (Å²) in [6, 6.07) is 6.67. The molecule has 1 fully saturated rings. The number of methoxy groups -OCH3 is 1. The van der Waals surface area contributed by atoms with Crippen molar-refractivity contribution in [3.05, 3.63) is 40.5 Å². The molecule has 0 bridgehead atoms. The fourth-order valence-electron chi connectivity index (χ4n) is 6.15. The number of ether oxygens (including phenoxy) is 1. The number of fused-ring (bicyclic) bond motifs is 4. The quantitative estimate of drug-likeness (QED) is 0.792. The first-order chi connectivity index (χ1) is 11.4. The van der Waals surface area contributed by atoms with Crippen molar-refractivity contribution in [3.8, 4) is 5.75 Å². The Morgan fingerprint density at radius 2 is 1.92 bits per heavy atom. The molecule has 0 heterocycles. The summed E-state index contributed by atoms with van der Waals surface area (Å²) in [5.41, 5.74) is 6.75. The van der Waals surface area contributed by atoms with E-state index in [0.29, 0.717) is 5.92 Å². The molecule has 0 aliphatic heterocycles. The van der Waals surface area contributed by atoms with Crippen LogP contribution in [0.5, 0.6) is 5.75 Å². The van der Waals surface area contributed by atoms with Gasteiger partial charge in [-0.15, -0.1) is 0 Å². The Labute approximate surface area is 145 Å². The van der Waals surface area contributed by atoms with Gasteiger partial charge in [0.25, 0.3) is 0 Å². The Kier molecular flexibility index (Phi) is 3.62. The topological polar surface area (TPSA) is 29.5 Å². The molecule has 130 valence electrons. The molecule has 4 atom stereocenters. The summed E-state index contributed by atoms with van der Waals surface area (Å²) >= 11 is 0. The minimum Gasteiger partial charge on any atom is -0.497 e. The van der Waals surface area contributed by atoms with Crippen LogP contribution in [-0.2, 0) is 11.8 Å². The standard InChI is InChI=1S/C22H30O2/c1-14(23)17-9-10-20-19-7-5-15-13-16(24-4)6-8-18(15)22(19,3)12-11-21(17,20)2/h6,8,13-14,17,23H,5,7,9-12H2,1-4H3/t14-,17+,21+,22-/m0/s1.